The predicted molar refractivity (Wildman–Crippen MR) is 91.3 cm³/mol. The Hall–Kier alpha value is -0.0400. The van der Waals surface area contributed by atoms with Crippen LogP contribution in [-0.2, 0) is 0 Å². The van der Waals surface area contributed by atoms with Crippen molar-refractivity contribution < 1.29 is 0 Å². The molecule has 20 heavy (non-hydrogen) atoms. The topological polar surface area (TPSA) is 12.0 Å². The zero-order valence-corrected chi connectivity index (χ0v) is 14.3. The fraction of sp³-hybridized carbons (Fsp3) is 1.00. The fourth-order valence-electron chi connectivity index (χ4n) is 3.84. The summed E-state index contributed by atoms with van der Waals surface area (Å²) >= 11 is 0. The summed E-state index contributed by atoms with van der Waals surface area (Å²) in [6, 6.07) is 0. The molecule has 0 bridgehead atoms. The third kappa shape index (κ3) is 7.67. The van der Waals surface area contributed by atoms with Crippen LogP contribution < -0.4 is 5.32 Å². The molecular weight excluding hydrogens is 242 g/mol. The molecule has 0 aromatic carbocycles. The van der Waals surface area contributed by atoms with Gasteiger partial charge in [0.2, 0.25) is 0 Å². The molecule has 1 fully saturated rings. The predicted octanol–water partition coefficient (Wildman–Crippen LogP) is 6.08. The van der Waals surface area contributed by atoms with Gasteiger partial charge < -0.3 is 5.32 Å². The average Bonchev–Trinajstić information content (AvgIpc) is 2.49. The summed E-state index contributed by atoms with van der Waals surface area (Å²) in [4.78, 5) is 0. The normalized spacial score (nSPS) is 18.3. The van der Waals surface area contributed by atoms with E-state index >= 15 is 0 Å². The fourth-order valence-corrected chi connectivity index (χ4v) is 3.84. The molecule has 1 rings (SSSR count). The molecule has 1 nitrogen and oxygen atoms in total. The Morgan fingerprint density at radius 1 is 0.750 bits per heavy atom. The SMILES string of the molecule is CCCCCCCCCCC1(CNCC)CCCCC1. The van der Waals surface area contributed by atoms with Crippen LogP contribution in [0, 0.1) is 5.41 Å². The van der Waals surface area contributed by atoms with E-state index in [1.165, 1.54) is 96.4 Å². The average molecular weight is 282 g/mol. The minimum atomic E-state index is 0.663. The van der Waals surface area contributed by atoms with Crippen LogP contribution in [0.3, 0.4) is 0 Å². The van der Waals surface area contributed by atoms with E-state index in [2.05, 4.69) is 19.2 Å². The quantitative estimate of drug-likeness (QED) is 0.428. The van der Waals surface area contributed by atoms with Crippen molar-refractivity contribution in [3.63, 3.8) is 0 Å². The van der Waals surface area contributed by atoms with Crippen LogP contribution in [0.4, 0.5) is 0 Å². The van der Waals surface area contributed by atoms with Crippen molar-refractivity contribution in [2.45, 2.75) is 104 Å². The monoisotopic (exact) mass is 281 g/mol. The molecule has 0 atom stereocenters. The third-order valence-corrected chi connectivity index (χ3v) is 5.22. The number of nitrogens with one attached hydrogen (secondary N) is 1. The Balaban J connectivity index is 2.09. The molecule has 1 aliphatic carbocycles. The molecule has 0 aromatic rings. The Morgan fingerprint density at radius 3 is 1.95 bits per heavy atom. The summed E-state index contributed by atoms with van der Waals surface area (Å²) in [5.41, 5.74) is 0.663. The van der Waals surface area contributed by atoms with Gasteiger partial charge in [0.15, 0.2) is 0 Å². The molecule has 1 N–H and O–H groups in total. The van der Waals surface area contributed by atoms with Gasteiger partial charge in [0, 0.05) is 6.54 Å². The van der Waals surface area contributed by atoms with Crippen LogP contribution in [0.2, 0.25) is 0 Å². The van der Waals surface area contributed by atoms with Gasteiger partial charge in [0.05, 0.1) is 0 Å². The Morgan fingerprint density at radius 2 is 1.35 bits per heavy atom. The molecule has 0 amide bonds. The first-order chi connectivity index (χ1) is 9.83. The first kappa shape index (κ1) is 18.0. The van der Waals surface area contributed by atoms with Gasteiger partial charge in [0.1, 0.15) is 0 Å². The second-order valence-electron chi connectivity index (χ2n) is 7.07. The van der Waals surface area contributed by atoms with Crippen LogP contribution in [0.15, 0.2) is 0 Å². The maximum Gasteiger partial charge on any atom is 0.000769 e. The van der Waals surface area contributed by atoms with Gasteiger partial charge in [-0.3, -0.25) is 0 Å². The summed E-state index contributed by atoms with van der Waals surface area (Å²) in [6.07, 6.45) is 20.5. The van der Waals surface area contributed by atoms with E-state index in [-0.39, 0.29) is 0 Å². The molecule has 0 spiro atoms. The smallest absolute Gasteiger partial charge is 0.000769 e. The van der Waals surface area contributed by atoms with Gasteiger partial charge >= 0.3 is 0 Å². The molecule has 1 aliphatic rings. The van der Waals surface area contributed by atoms with Crippen molar-refractivity contribution in [3.8, 4) is 0 Å². The van der Waals surface area contributed by atoms with E-state index in [1.807, 2.05) is 0 Å². The van der Waals surface area contributed by atoms with Crippen LogP contribution in [0.5, 0.6) is 0 Å². The minimum absolute atomic E-state index is 0.663. The lowest BCUT2D eigenvalue weighted by molar-refractivity contribution is 0.162. The van der Waals surface area contributed by atoms with E-state index in [1.54, 1.807) is 0 Å². The first-order valence-electron chi connectivity index (χ1n) is 9.54. The highest BCUT2D eigenvalue weighted by atomic mass is 14.9. The molecule has 1 heteroatoms. The van der Waals surface area contributed by atoms with Crippen molar-refractivity contribution in [2.24, 2.45) is 5.41 Å². The largest absolute Gasteiger partial charge is 0.316 e. The second-order valence-corrected chi connectivity index (χ2v) is 7.07. The highest BCUT2D eigenvalue weighted by Crippen LogP contribution is 2.40. The Bertz CT molecular complexity index is 206. The maximum absolute atomic E-state index is 3.63. The molecule has 1 saturated carbocycles. The lowest BCUT2D eigenvalue weighted by atomic mass is 9.70. The second kappa shape index (κ2) is 11.6. The molecule has 0 radical (unpaired) electrons. The highest BCUT2D eigenvalue weighted by Gasteiger charge is 2.30. The van der Waals surface area contributed by atoms with Gasteiger partial charge in [0.25, 0.3) is 0 Å². The van der Waals surface area contributed by atoms with Crippen LogP contribution >= 0.6 is 0 Å². The lowest BCUT2D eigenvalue weighted by Gasteiger charge is -2.38. The molecule has 0 saturated heterocycles. The van der Waals surface area contributed by atoms with Crippen molar-refractivity contribution in [1.82, 2.24) is 5.32 Å². The summed E-state index contributed by atoms with van der Waals surface area (Å²) in [5, 5.41) is 3.63. The van der Waals surface area contributed by atoms with Crippen molar-refractivity contribution in [1.29, 1.82) is 0 Å². The molecule has 0 unspecified atom stereocenters. The number of rotatable bonds is 12. The van der Waals surface area contributed by atoms with E-state index < -0.39 is 0 Å². The molecule has 0 heterocycles. The Kier molecular flexibility index (Phi) is 10.4. The van der Waals surface area contributed by atoms with E-state index in [4.69, 9.17) is 0 Å². The van der Waals surface area contributed by atoms with Crippen molar-refractivity contribution >= 4 is 0 Å². The van der Waals surface area contributed by atoms with E-state index in [9.17, 15) is 0 Å². The highest BCUT2D eigenvalue weighted by molar-refractivity contribution is 4.84. The van der Waals surface area contributed by atoms with Crippen molar-refractivity contribution in [3.05, 3.63) is 0 Å². The first-order valence-corrected chi connectivity index (χ1v) is 9.54. The molecule has 0 aromatic heterocycles. The Labute approximate surface area is 128 Å². The number of hydrogen-bond donors (Lipinski definition) is 1. The van der Waals surface area contributed by atoms with Gasteiger partial charge in [-0.05, 0) is 31.2 Å². The maximum atomic E-state index is 3.63. The molecular formula is C19H39N. The summed E-state index contributed by atoms with van der Waals surface area (Å²) < 4.78 is 0. The van der Waals surface area contributed by atoms with Crippen LogP contribution in [0.1, 0.15) is 104 Å². The van der Waals surface area contributed by atoms with Gasteiger partial charge in [-0.1, -0.05) is 84.5 Å². The lowest BCUT2D eigenvalue weighted by Crippen LogP contribution is -2.36. The van der Waals surface area contributed by atoms with Crippen LogP contribution in [-0.4, -0.2) is 13.1 Å². The van der Waals surface area contributed by atoms with Gasteiger partial charge in [-0.15, -0.1) is 0 Å². The minimum Gasteiger partial charge on any atom is -0.316 e. The number of hydrogen-bond acceptors (Lipinski definition) is 1. The van der Waals surface area contributed by atoms with E-state index in [0.717, 1.165) is 6.54 Å². The van der Waals surface area contributed by atoms with E-state index in [0.29, 0.717) is 5.41 Å². The van der Waals surface area contributed by atoms with Gasteiger partial charge in [-0.2, -0.15) is 0 Å². The summed E-state index contributed by atoms with van der Waals surface area (Å²) in [5.74, 6) is 0. The summed E-state index contributed by atoms with van der Waals surface area (Å²) in [7, 11) is 0. The van der Waals surface area contributed by atoms with Gasteiger partial charge in [-0.25, -0.2) is 0 Å². The number of unbranched alkanes of at least 4 members (excludes halogenated alkanes) is 7. The third-order valence-electron chi connectivity index (χ3n) is 5.22. The standard InChI is InChI=1S/C19H39N/c1-3-5-6-7-8-9-10-12-15-19(18-20-4-2)16-13-11-14-17-19/h20H,3-18H2,1-2H3. The molecule has 0 aliphatic heterocycles. The van der Waals surface area contributed by atoms with Crippen molar-refractivity contribution in [2.75, 3.05) is 13.1 Å². The zero-order chi connectivity index (χ0) is 14.5. The molecule has 120 valence electrons. The summed E-state index contributed by atoms with van der Waals surface area (Å²) in [6.45, 7) is 6.96. The van der Waals surface area contributed by atoms with Crippen LogP contribution in [0.25, 0.3) is 0 Å². The zero-order valence-electron chi connectivity index (χ0n) is 14.3.